The van der Waals surface area contributed by atoms with E-state index in [1.807, 2.05) is 24.3 Å². The van der Waals surface area contributed by atoms with Crippen molar-refractivity contribution >= 4 is 29.3 Å². The molecule has 2 aromatic carbocycles. The minimum Gasteiger partial charge on any atom is -0.484 e. The first kappa shape index (κ1) is 16.7. The third-order valence-corrected chi connectivity index (χ3v) is 5.06. The van der Waals surface area contributed by atoms with Gasteiger partial charge in [-0.3, -0.25) is 4.79 Å². The number of nitrogens with one attached hydrogen (secondary N) is 1. The fraction of sp³-hybridized carbons (Fsp3) is 0.222. The van der Waals surface area contributed by atoms with Gasteiger partial charge >= 0.3 is 0 Å². The third kappa shape index (κ3) is 4.02. The lowest BCUT2D eigenvalue weighted by atomic mass is 10.0. The number of thioether (sulfide) groups is 1. The molecule has 0 bridgehead atoms. The molecular formula is C18H15ClN2O2S. The van der Waals surface area contributed by atoms with E-state index in [1.54, 1.807) is 36.0 Å². The maximum Gasteiger partial charge on any atom is 0.258 e. The molecule has 1 aliphatic heterocycles. The van der Waals surface area contributed by atoms with E-state index >= 15 is 0 Å². The lowest BCUT2D eigenvalue weighted by molar-refractivity contribution is -0.123. The summed E-state index contributed by atoms with van der Waals surface area (Å²) in [7, 11) is 0. The number of fused-ring (bicyclic) bond motifs is 1. The summed E-state index contributed by atoms with van der Waals surface area (Å²) in [5.41, 5.74) is 1.62. The van der Waals surface area contributed by atoms with Gasteiger partial charge in [-0.2, -0.15) is 5.26 Å². The quantitative estimate of drug-likeness (QED) is 0.899. The Bertz CT molecular complexity index is 787. The normalized spacial score (nSPS) is 15.9. The fourth-order valence-corrected chi connectivity index (χ4v) is 3.81. The molecule has 24 heavy (non-hydrogen) atoms. The second-order valence-electron chi connectivity index (χ2n) is 5.36. The topological polar surface area (TPSA) is 62.1 Å². The zero-order valence-corrected chi connectivity index (χ0v) is 14.4. The van der Waals surface area contributed by atoms with Crippen molar-refractivity contribution in [1.82, 2.24) is 5.32 Å². The molecule has 1 amide bonds. The van der Waals surface area contributed by atoms with E-state index in [1.165, 1.54) is 0 Å². The van der Waals surface area contributed by atoms with E-state index in [9.17, 15) is 4.79 Å². The summed E-state index contributed by atoms with van der Waals surface area (Å²) in [6.45, 7) is -0.0640. The Hall–Kier alpha value is -2.16. The summed E-state index contributed by atoms with van der Waals surface area (Å²) in [5.74, 6) is 1.34. The number of hydrogen-bond acceptors (Lipinski definition) is 4. The molecule has 0 radical (unpaired) electrons. The number of amides is 1. The molecule has 4 nitrogen and oxygen atoms in total. The summed E-state index contributed by atoms with van der Waals surface area (Å²) in [4.78, 5) is 13.3. The predicted molar refractivity (Wildman–Crippen MR) is 94.3 cm³/mol. The van der Waals surface area contributed by atoms with Crippen molar-refractivity contribution in [3.8, 4) is 11.8 Å². The summed E-state index contributed by atoms with van der Waals surface area (Å²) >= 11 is 7.85. The van der Waals surface area contributed by atoms with Gasteiger partial charge in [0, 0.05) is 15.7 Å². The van der Waals surface area contributed by atoms with E-state index in [0.29, 0.717) is 16.3 Å². The number of rotatable bonds is 4. The van der Waals surface area contributed by atoms with Gasteiger partial charge < -0.3 is 10.1 Å². The first-order valence-corrected chi connectivity index (χ1v) is 8.86. The average Bonchev–Trinajstić information content (AvgIpc) is 2.61. The van der Waals surface area contributed by atoms with E-state index in [4.69, 9.17) is 21.6 Å². The Morgan fingerprint density at radius 2 is 2.12 bits per heavy atom. The maximum atomic E-state index is 12.2. The molecule has 1 heterocycles. The first-order chi connectivity index (χ1) is 11.7. The van der Waals surface area contributed by atoms with Crippen molar-refractivity contribution < 1.29 is 9.53 Å². The second kappa shape index (κ2) is 7.61. The van der Waals surface area contributed by atoms with Gasteiger partial charge in [0.25, 0.3) is 5.91 Å². The van der Waals surface area contributed by atoms with Crippen LogP contribution in [0.4, 0.5) is 0 Å². The van der Waals surface area contributed by atoms with Gasteiger partial charge in [0.15, 0.2) is 6.61 Å². The highest BCUT2D eigenvalue weighted by atomic mass is 35.5. The molecule has 6 heteroatoms. The first-order valence-electron chi connectivity index (χ1n) is 7.50. The Morgan fingerprint density at radius 1 is 1.33 bits per heavy atom. The molecule has 1 N–H and O–H groups in total. The van der Waals surface area contributed by atoms with Gasteiger partial charge in [-0.05, 0) is 54.4 Å². The molecule has 0 saturated heterocycles. The minimum atomic E-state index is -0.179. The SMILES string of the molecule is N#Cc1ccc(OCC(=O)NC2CCSc3ccc(Cl)cc32)cc1. The van der Waals surface area contributed by atoms with Gasteiger partial charge in [-0.1, -0.05) is 11.6 Å². The monoisotopic (exact) mass is 358 g/mol. The van der Waals surface area contributed by atoms with Gasteiger partial charge in [-0.15, -0.1) is 11.8 Å². The number of halogens is 1. The molecule has 1 unspecified atom stereocenters. The number of carbonyl (C=O) groups is 1. The third-order valence-electron chi connectivity index (χ3n) is 3.70. The Labute approximate surface area is 149 Å². The standard InChI is InChI=1S/C18H15ClN2O2S/c19-13-3-6-17-15(9-13)16(7-8-24-17)21-18(22)11-23-14-4-1-12(10-20)2-5-14/h1-6,9,16H,7-8,11H2,(H,21,22). The molecule has 1 atom stereocenters. The minimum absolute atomic E-state index is 0.0444. The second-order valence-corrected chi connectivity index (χ2v) is 6.94. The van der Waals surface area contributed by atoms with E-state index in [0.717, 1.165) is 22.6 Å². The largest absolute Gasteiger partial charge is 0.484 e. The van der Waals surface area contributed by atoms with Crippen LogP contribution >= 0.6 is 23.4 Å². The van der Waals surface area contributed by atoms with Crippen LogP contribution in [0.1, 0.15) is 23.6 Å². The van der Waals surface area contributed by atoms with Gasteiger partial charge in [-0.25, -0.2) is 0 Å². The van der Waals surface area contributed by atoms with Crippen LogP contribution < -0.4 is 10.1 Å². The molecule has 0 saturated carbocycles. The molecular weight excluding hydrogens is 344 g/mol. The van der Waals surface area contributed by atoms with Crippen molar-refractivity contribution in [2.45, 2.75) is 17.4 Å². The lowest BCUT2D eigenvalue weighted by Gasteiger charge is -2.26. The molecule has 122 valence electrons. The fourth-order valence-electron chi connectivity index (χ4n) is 2.53. The van der Waals surface area contributed by atoms with Crippen LogP contribution in [-0.2, 0) is 4.79 Å². The number of hydrogen-bond donors (Lipinski definition) is 1. The highest BCUT2D eigenvalue weighted by Crippen LogP contribution is 2.37. The van der Waals surface area contributed by atoms with Crippen molar-refractivity contribution in [2.24, 2.45) is 0 Å². The number of ether oxygens (including phenoxy) is 1. The van der Waals surface area contributed by atoms with Crippen LogP contribution in [0.25, 0.3) is 0 Å². The van der Waals surface area contributed by atoms with Crippen molar-refractivity contribution in [3.05, 3.63) is 58.6 Å². The number of nitriles is 1. The van der Waals surface area contributed by atoms with Gasteiger partial charge in [0.05, 0.1) is 17.7 Å². The maximum absolute atomic E-state index is 12.2. The zero-order valence-electron chi connectivity index (χ0n) is 12.8. The molecule has 1 aliphatic rings. The van der Waals surface area contributed by atoms with Gasteiger partial charge in [0.2, 0.25) is 0 Å². The Morgan fingerprint density at radius 3 is 2.88 bits per heavy atom. The summed E-state index contributed by atoms with van der Waals surface area (Å²) < 4.78 is 5.47. The highest BCUT2D eigenvalue weighted by Gasteiger charge is 2.22. The summed E-state index contributed by atoms with van der Waals surface area (Å²) in [6.07, 6.45) is 0.862. The van der Waals surface area contributed by atoms with E-state index in [2.05, 4.69) is 5.32 Å². The molecule has 0 aliphatic carbocycles. The molecule has 0 aromatic heterocycles. The smallest absolute Gasteiger partial charge is 0.258 e. The molecule has 2 aromatic rings. The number of carbonyl (C=O) groups excluding carboxylic acids is 1. The molecule has 0 spiro atoms. The van der Waals surface area contributed by atoms with Crippen LogP contribution in [0.2, 0.25) is 5.02 Å². The number of nitrogens with zero attached hydrogens (tertiary/aromatic N) is 1. The van der Waals surface area contributed by atoms with Crippen LogP contribution in [0.3, 0.4) is 0 Å². The van der Waals surface area contributed by atoms with Crippen molar-refractivity contribution in [2.75, 3.05) is 12.4 Å². The van der Waals surface area contributed by atoms with Crippen LogP contribution in [0.5, 0.6) is 5.75 Å². The summed E-state index contributed by atoms with van der Waals surface area (Å²) in [5, 5.41) is 12.4. The molecule has 3 rings (SSSR count). The molecule has 0 fully saturated rings. The summed E-state index contributed by atoms with van der Waals surface area (Å²) in [6, 6.07) is 14.4. The van der Waals surface area contributed by atoms with Gasteiger partial charge in [0.1, 0.15) is 5.75 Å². The Kier molecular flexibility index (Phi) is 5.29. The predicted octanol–water partition coefficient (Wildman–Crippen LogP) is 3.94. The van der Waals surface area contributed by atoms with Crippen molar-refractivity contribution in [3.63, 3.8) is 0 Å². The van der Waals surface area contributed by atoms with E-state index < -0.39 is 0 Å². The average molecular weight is 359 g/mol. The van der Waals surface area contributed by atoms with Crippen molar-refractivity contribution in [1.29, 1.82) is 5.26 Å². The lowest BCUT2D eigenvalue weighted by Crippen LogP contribution is -2.34. The zero-order chi connectivity index (χ0) is 16.9. The van der Waals surface area contributed by atoms with Crippen LogP contribution in [0.15, 0.2) is 47.4 Å². The highest BCUT2D eigenvalue weighted by molar-refractivity contribution is 7.99. The van der Waals surface area contributed by atoms with Crippen LogP contribution in [-0.4, -0.2) is 18.3 Å². The Balaban J connectivity index is 1.59. The van der Waals surface area contributed by atoms with E-state index in [-0.39, 0.29) is 18.6 Å². The van der Waals surface area contributed by atoms with Crippen LogP contribution in [0, 0.1) is 11.3 Å². The number of benzene rings is 2.